The first-order chi connectivity index (χ1) is 12.8. The molecule has 0 amide bonds. The molecule has 0 radical (unpaired) electrons. The van der Waals surface area contributed by atoms with E-state index in [2.05, 4.69) is 32.6 Å². The van der Waals surface area contributed by atoms with E-state index in [-0.39, 0.29) is 18.0 Å². The Bertz CT molecular complexity index is 768. The fourth-order valence-corrected chi connectivity index (χ4v) is 2.87. The van der Waals surface area contributed by atoms with E-state index >= 15 is 0 Å². The van der Waals surface area contributed by atoms with Crippen LogP contribution in [0.1, 0.15) is 54.9 Å². The summed E-state index contributed by atoms with van der Waals surface area (Å²) in [5.74, 6) is -0.192. The van der Waals surface area contributed by atoms with Crippen LogP contribution in [0.25, 0.3) is 0 Å². The lowest BCUT2D eigenvalue weighted by Gasteiger charge is -2.30. The van der Waals surface area contributed by atoms with Gasteiger partial charge in [0.2, 0.25) is 0 Å². The highest BCUT2D eigenvalue weighted by atomic mass is 16.1. The van der Waals surface area contributed by atoms with Gasteiger partial charge < -0.3 is 9.69 Å². The second-order valence-corrected chi connectivity index (χ2v) is 8.10. The zero-order valence-electron chi connectivity index (χ0n) is 18.9. The van der Waals surface area contributed by atoms with E-state index in [1.54, 1.807) is 20.8 Å². The molecular weight excluding hydrogens is 350 g/mol. The third kappa shape index (κ3) is 6.59. The van der Waals surface area contributed by atoms with Crippen LogP contribution >= 0.6 is 0 Å². The van der Waals surface area contributed by atoms with Crippen LogP contribution in [0.2, 0.25) is 0 Å². The van der Waals surface area contributed by atoms with Gasteiger partial charge in [0.1, 0.15) is 6.29 Å². The molecule has 0 fully saturated rings. The normalized spacial score (nSPS) is 15.1. The average molecular weight is 386 g/mol. The summed E-state index contributed by atoms with van der Waals surface area (Å²) in [4.78, 5) is 36.9. The summed E-state index contributed by atoms with van der Waals surface area (Å²) in [6.45, 7) is 16.5. The highest BCUT2D eigenvalue weighted by molar-refractivity contribution is 6.25. The second kappa shape index (κ2) is 10.7. The molecule has 0 saturated carbocycles. The highest BCUT2D eigenvalue weighted by Crippen LogP contribution is 2.38. The summed E-state index contributed by atoms with van der Waals surface area (Å²) >= 11 is 0. The van der Waals surface area contributed by atoms with E-state index in [0.717, 1.165) is 12.0 Å². The van der Waals surface area contributed by atoms with E-state index in [1.165, 1.54) is 5.57 Å². The maximum Gasteiger partial charge on any atom is 0.186 e. The standard InChI is InChI=1S/C14H18O3.C10H17N/c1-8-9(2)13(17)11(10(3)12(8)16)14(4,5)6-7-15;1-6-10(11(4)5)8-7-9(2)3/h7H,6H2,1-5H3;6-8H,1H2,2-5H3/b;10-8+. The lowest BCUT2D eigenvalue weighted by atomic mass is 9.71. The third-order valence-corrected chi connectivity index (χ3v) is 4.77. The molecule has 0 bridgehead atoms. The van der Waals surface area contributed by atoms with Gasteiger partial charge in [-0.2, -0.15) is 0 Å². The first-order valence-corrected chi connectivity index (χ1v) is 9.38. The Kier molecular flexibility index (Phi) is 9.79. The van der Waals surface area contributed by atoms with Crippen molar-refractivity contribution in [3.8, 4) is 0 Å². The number of Topliss-reactive ketones (excluding diaryl/α,β-unsaturated/α-hetero) is 2. The number of hydrogen-bond donors (Lipinski definition) is 0. The number of rotatable bonds is 6. The quantitative estimate of drug-likeness (QED) is 0.367. The van der Waals surface area contributed by atoms with Crippen molar-refractivity contribution in [2.45, 2.75) is 54.9 Å². The van der Waals surface area contributed by atoms with Gasteiger partial charge in [-0.15, -0.1) is 0 Å². The summed E-state index contributed by atoms with van der Waals surface area (Å²) in [6, 6.07) is 0. The zero-order chi connectivity index (χ0) is 22.2. The second-order valence-electron chi connectivity index (χ2n) is 8.10. The van der Waals surface area contributed by atoms with Gasteiger partial charge in [0, 0.05) is 53.9 Å². The summed E-state index contributed by atoms with van der Waals surface area (Å²) in [5.41, 5.74) is 3.81. The van der Waals surface area contributed by atoms with E-state index in [4.69, 9.17) is 0 Å². The number of aldehydes is 1. The maximum absolute atomic E-state index is 12.2. The van der Waals surface area contributed by atoms with Crippen molar-refractivity contribution in [3.63, 3.8) is 0 Å². The Labute approximate surface area is 170 Å². The molecule has 0 aromatic rings. The monoisotopic (exact) mass is 385 g/mol. The van der Waals surface area contributed by atoms with Crippen LogP contribution in [0, 0.1) is 5.41 Å². The van der Waals surface area contributed by atoms with Crippen molar-refractivity contribution in [3.05, 3.63) is 58.4 Å². The minimum atomic E-state index is -0.583. The van der Waals surface area contributed by atoms with E-state index in [0.29, 0.717) is 22.3 Å². The fraction of sp³-hybridized carbons (Fsp3) is 0.458. The predicted molar refractivity (Wildman–Crippen MR) is 117 cm³/mol. The number of nitrogens with zero attached hydrogens (tertiary/aromatic N) is 1. The first-order valence-electron chi connectivity index (χ1n) is 9.38. The topological polar surface area (TPSA) is 54.5 Å². The lowest BCUT2D eigenvalue weighted by molar-refractivity contribution is -0.117. The van der Waals surface area contributed by atoms with Gasteiger partial charge in [-0.25, -0.2) is 0 Å². The molecule has 1 rings (SSSR count). The number of allylic oxidation sites excluding steroid dienone is 8. The Morgan fingerprint density at radius 2 is 1.46 bits per heavy atom. The summed E-state index contributed by atoms with van der Waals surface area (Å²) in [5, 5.41) is 0. The Morgan fingerprint density at radius 1 is 0.964 bits per heavy atom. The van der Waals surface area contributed by atoms with Crippen molar-refractivity contribution in [2.75, 3.05) is 14.1 Å². The molecule has 0 aliphatic heterocycles. The van der Waals surface area contributed by atoms with Gasteiger partial charge in [0.05, 0.1) is 0 Å². The zero-order valence-corrected chi connectivity index (χ0v) is 18.9. The van der Waals surface area contributed by atoms with Crippen molar-refractivity contribution in [1.82, 2.24) is 4.90 Å². The van der Waals surface area contributed by atoms with Gasteiger partial charge in [0.25, 0.3) is 0 Å². The van der Waals surface area contributed by atoms with Crippen molar-refractivity contribution < 1.29 is 14.4 Å². The molecule has 0 N–H and O–H groups in total. The Balaban J connectivity index is 0.000000576. The molecule has 0 unspecified atom stereocenters. The molecule has 0 aromatic carbocycles. The van der Waals surface area contributed by atoms with Gasteiger partial charge in [-0.05, 0) is 46.8 Å². The Morgan fingerprint density at radius 3 is 1.86 bits per heavy atom. The average Bonchev–Trinajstić information content (AvgIpc) is 2.58. The molecule has 0 saturated heterocycles. The van der Waals surface area contributed by atoms with Crippen LogP contribution in [-0.4, -0.2) is 36.8 Å². The van der Waals surface area contributed by atoms with Crippen LogP contribution in [-0.2, 0) is 14.4 Å². The molecule has 28 heavy (non-hydrogen) atoms. The Hall–Kier alpha value is -2.49. The number of carbonyl (C=O) groups excluding carboxylic acids is 3. The number of likely N-dealkylation sites (N-methyl/N-ethyl adjacent to an activating group) is 1. The molecule has 0 heterocycles. The first kappa shape index (κ1) is 25.5. The third-order valence-electron chi connectivity index (χ3n) is 4.77. The van der Waals surface area contributed by atoms with Crippen molar-refractivity contribution >= 4 is 17.9 Å². The number of carbonyl (C=O) groups is 3. The molecule has 154 valence electrons. The summed E-state index contributed by atoms with van der Waals surface area (Å²) < 4.78 is 0. The summed E-state index contributed by atoms with van der Waals surface area (Å²) in [7, 11) is 4.01. The SMILES string of the molecule is C=C/C(=C\C=C(C)C)N(C)C.CC1=C(C)C(=O)C(C(C)(C)CC=O)=C(C)C1=O. The molecule has 0 spiro atoms. The molecule has 4 nitrogen and oxygen atoms in total. The van der Waals surface area contributed by atoms with Crippen molar-refractivity contribution in [1.29, 1.82) is 0 Å². The highest BCUT2D eigenvalue weighted by Gasteiger charge is 2.36. The largest absolute Gasteiger partial charge is 0.378 e. The van der Waals surface area contributed by atoms with Crippen LogP contribution in [0.3, 0.4) is 0 Å². The molecule has 1 aliphatic rings. The van der Waals surface area contributed by atoms with E-state index < -0.39 is 5.41 Å². The van der Waals surface area contributed by atoms with E-state index in [9.17, 15) is 14.4 Å². The van der Waals surface area contributed by atoms with Gasteiger partial charge in [-0.3, -0.25) is 9.59 Å². The van der Waals surface area contributed by atoms with Gasteiger partial charge >= 0.3 is 0 Å². The van der Waals surface area contributed by atoms with Crippen LogP contribution in [0.5, 0.6) is 0 Å². The van der Waals surface area contributed by atoms with E-state index in [1.807, 2.05) is 38.9 Å². The minimum Gasteiger partial charge on any atom is -0.378 e. The number of hydrogen-bond acceptors (Lipinski definition) is 4. The maximum atomic E-state index is 12.2. The minimum absolute atomic E-state index is 0.0870. The molecule has 0 atom stereocenters. The molecular formula is C24H35NO3. The summed E-state index contributed by atoms with van der Waals surface area (Å²) in [6.07, 6.45) is 7.02. The van der Waals surface area contributed by atoms with Crippen LogP contribution in [0.15, 0.2) is 58.4 Å². The van der Waals surface area contributed by atoms with Crippen LogP contribution in [0.4, 0.5) is 0 Å². The fourth-order valence-electron chi connectivity index (χ4n) is 2.87. The lowest BCUT2D eigenvalue weighted by Crippen LogP contribution is -2.30. The molecule has 1 aliphatic carbocycles. The van der Waals surface area contributed by atoms with Gasteiger partial charge in [0.15, 0.2) is 11.6 Å². The number of ketones is 2. The predicted octanol–water partition coefficient (Wildman–Crippen LogP) is 4.99. The van der Waals surface area contributed by atoms with Crippen LogP contribution < -0.4 is 0 Å². The molecule has 0 aromatic heterocycles. The van der Waals surface area contributed by atoms with Gasteiger partial charge in [-0.1, -0.05) is 32.1 Å². The molecule has 4 heteroatoms. The van der Waals surface area contributed by atoms with Crippen molar-refractivity contribution in [2.24, 2.45) is 5.41 Å². The smallest absolute Gasteiger partial charge is 0.186 e.